The zero-order chi connectivity index (χ0) is 9.97. The average molecular weight is 262 g/mol. The van der Waals surface area contributed by atoms with Crippen molar-refractivity contribution in [2.24, 2.45) is 5.92 Å². The molecule has 2 saturated heterocycles. The van der Waals surface area contributed by atoms with Gasteiger partial charge in [-0.25, -0.2) is 0 Å². The number of alkyl halides is 1. The van der Waals surface area contributed by atoms with Crippen molar-refractivity contribution >= 4 is 21.8 Å². The molecular formula is C10H16BrNO2. The molecule has 14 heavy (non-hydrogen) atoms. The van der Waals surface area contributed by atoms with E-state index in [9.17, 15) is 4.79 Å². The first-order chi connectivity index (χ1) is 6.79. The van der Waals surface area contributed by atoms with Crippen LogP contribution in [0, 0.1) is 5.92 Å². The van der Waals surface area contributed by atoms with Gasteiger partial charge >= 0.3 is 0 Å². The first-order valence-electron chi connectivity index (χ1n) is 5.25. The van der Waals surface area contributed by atoms with E-state index in [2.05, 4.69) is 15.9 Å². The Labute approximate surface area is 92.9 Å². The van der Waals surface area contributed by atoms with Crippen molar-refractivity contribution in [2.45, 2.75) is 25.4 Å². The van der Waals surface area contributed by atoms with E-state index in [1.165, 1.54) is 0 Å². The summed E-state index contributed by atoms with van der Waals surface area (Å²) in [6.07, 6.45) is 3.27. The lowest BCUT2D eigenvalue weighted by Crippen LogP contribution is -2.33. The average Bonchev–Trinajstić information content (AvgIpc) is 2.78. The Balaban J connectivity index is 1.82. The van der Waals surface area contributed by atoms with Gasteiger partial charge in [-0.05, 0) is 18.8 Å². The second-order valence-corrected chi connectivity index (χ2v) is 4.81. The van der Waals surface area contributed by atoms with Crippen LogP contribution in [-0.4, -0.2) is 41.9 Å². The summed E-state index contributed by atoms with van der Waals surface area (Å²) >= 11 is 3.43. The standard InChI is InChI=1S/C10H16BrNO2/c11-5-8-4-10(13)12(6-8)7-9-2-1-3-14-9/h8-9H,1-7H2. The first kappa shape index (κ1) is 10.4. The van der Waals surface area contributed by atoms with Crippen LogP contribution < -0.4 is 0 Å². The minimum Gasteiger partial charge on any atom is -0.376 e. The molecule has 2 rings (SSSR count). The Morgan fingerprint density at radius 1 is 1.57 bits per heavy atom. The highest BCUT2D eigenvalue weighted by Crippen LogP contribution is 2.22. The van der Waals surface area contributed by atoms with Gasteiger partial charge < -0.3 is 9.64 Å². The van der Waals surface area contributed by atoms with E-state index in [1.54, 1.807) is 0 Å². The molecule has 0 aromatic heterocycles. The maximum absolute atomic E-state index is 11.6. The summed E-state index contributed by atoms with van der Waals surface area (Å²) in [4.78, 5) is 13.5. The Bertz CT molecular complexity index is 216. The van der Waals surface area contributed by atoms with Crippen LogP contribution in [-0.2, 0) is 9.53 Å². The Morgan fingerprint density at radius 2 is 2.43 bits per heavy atom. The molecule has 0 radical (unpaired) electrons. The molecule has 0 aliphatic carbocycles. The SMILES string of the molecule is O=C1CC(CBr)CN1CC1CCCO1. The number of hydrogen-bond donors (Lipinski definition) is 0. The fourth-order valence-corrected chi connectivity index (χ4v) is 2.60. The second-order valence-electron chi connectivity index (χ2n) is 4.16. The van der Waals surface area contributed by atoms with Crippen molar-refractivity contribution in [2.75, 3.05) is 25.0 Å². The van der Waals surface area contributed by atoms with Crippen LogP contribution >= 0.6 is 15.9 Å². The number of amides is 1. The van der Waals surface area contributed by atoms with Crippen LogP contribution in [0.1, 0.15) is 19.3 Å². The van der Waals surface area contributed by atoms with Gasteiger partial charge in [-0.1, -0.05) is 15.9 Å². The van der Waals surface area contributed by atoms with Gasteiger partial charge in [0.1, 0.15) is 0 Å². The van der Waals surface area contributed by atoms with Crippen molar-refractivity contribution in [1.29, 1.82) is 0 Å². The van der Waals surface area contributed by atoms with Gasteiger partial charge in [0.05, 0.1) is 6.10 Å². The van der Waals surface area contributed by atoms with Crippen LogP contribution in [0.4, 0.5) is 0 Å². The van der Waals surface area contributed by atoms with Crippen LogP contribution in [0.25, 0.3) is 0 Å². The molecule has 2 heterocycles. The van der Waals surface area contributed by atoms with Crippen molar-refractivity contribution < 1.29 is 9.53 Å². The molecular weight excluding hydrogens is 246 g/mol. The van der Waals surface area contributed by atoms with Gasteiger partial charge in [0.25, 0.3) is 0 Å². The highest BCUT2D eigenvalue weighted by atomic mass is 79.9. The summed E-state index contributed by atoms with van der Waals surface area (Å²) < 4.78 is 5.53. The first-order valence-corrected chi connectivity index (χ1v) is 6.37. The van der Waals surface area contributed by atoms with Crippen molar-refractivity contribution in [3.63, 3.8) is 0 Å². The van der Waals surface area contributed by atoms with Crippen molar-refractivity contribution in [1.82, 2.24) is 4.90 Å². The van der Waals surface area contributed by atoms with Gasteiger partial charge in [0, 0.05) is 31.4 Å². The maximum atomic E-state index is 11.6. The minimum atomic E-state index is 0.296. The Kier molecular flexibility index (Phi) is 3.44. The number of likely N-dealkylation sites (tertiary alicyclic amines) is 1. The third-order valence-corrected chi connectivity index (χ3v) is 3.88. The largest absolute Gasteiger partial charge is 0.376 e. The number of carbonyl (C=O) groups is 1. The zero-order valence-electron chi connectivity index (χ0n) is 8.25. The molecule has 0 saturated carbocycles. The van der Waals surface area contributed by atoms with E-state index in [-0.39, 0.29) is 0 Å². The van der Waals surface area contributed by atoms with Gasteiger partial charge in [-0.3, -0.25) is 4.79 Å². The summed E-state index contributed by atoms with van der Waals surface area (Å²) in [6, 6.07) is 0. The van der Waals surface area contributed by atoms with Gasteiger partial charge in [-0.2, -0.15) is 0 Å². The molecule has 0 spiro atoms. The summed E-state index contributed by atoms with van der Waals surface area (Å²) in [7, 11) is 0. The number of carbonyl (C=O) groups excluding carboxylic acids is 1. The predicted molar refractivity (Wildman–Crippen MR) is 57.5 cm³/mol. The number of ether oxygens (including phenoxy) is 1. The third-order valence-electron chi connectivity index (χ3n) is 2.96. The molecule has 2 aliphatic heterocycles. The highest BCUT2D eigenvalue weighted by Gasteiger charge is 2.31. The van der Waals surface area contributed by atoms with Crippen LogP contribution in [0.3, 0.4) is 0 Å². The fourth-order valence-electron chi connectivity index (χ4n) is 2.17. The summed E-state index contributed by atoms with van der Waals surface area (Å²) in [5.74, 6) is 0.800. The molecule has 3 nitrogen and oxygen atoms in total. The highest BCUT2D eigenvalue weighted by molar-refractivity contribution is 9.09. The molecule has 0 aromatic carbocycles. The Morgan fingerprint density at radius 3 is 3.00 bits per heavy atom. The van der Waals surface area contributed by atoms with E-state index in [4.69, 9.17) is 4.74 Å². The summed E-state index contributed by atoms with van der Waals surface area (Å²) in [6.45, 7) is 2.58. The van der Waals surface area contributed by atoms with Crippen LogP contribution in [0.15, 0.2) is 0 Å². The fraction of sp³-hybridized carbons (Fsp3) is 0.900. The van der Waals surface area contributed by atoms with Crippen molar-refractivity contribution in [3.05, 3.63) is 0 Å². The van der Waals surface area contributed by atoms with Crippen molar-refractivity contribution in [3.8, 4) is 0 Å². The maximum Gasteiger partial charge on any atom is 0.223 e. The number of nitrogens with zero attached hydrogens (tertiary/aromatic N) is 1. The minimum absolute atomic E-state index is 0.296. The molecule has 2 fully saturated rings. The van der Waals surface area contributed by atoms with Crippen LogP contribution in [0.2, 0.25) is 0 Å². The van der Waals surface area contributed by atoms with Gasteiger partial charge in [0.2, 0.25) is 5.91 Å². The smallest absolute Gasteiger partial charge is 0.223 e. The topological polar surface area (TPSA) is 29.5 Å². The molecule has 0 bridgehead atoms. The van der Waals surface area contributed by atoms with E-state index < -0.39 is 0 Å². The zero-order valence-corrected chi connectivity index (χ0v) is 9.83. The quantitative estimate of drug-likeness (QED) is 0.720. The summed E-state index contributed by atoms with van der Waals surface area (Å²) in [5, 5.41) is 0.931. The lowest BCUT2D eigenvalue weighted by atomic mass is 10.2. The molecule has 2 atom stereocenters. The number of rotatable bonds is 3. The lowest BCUT2D eigenvalue weighted by Gasteiger charge is -2.20. The van der Waals surface area contributed by atoms with E-state index >= 15 is 0 Å². The molecule has 2 aliphatic rings. The van der Waals surface area contributed by atoms with Crippen LogP contribution in [0.5, 0.6) is 0 Å². The normalized spacial score (nSPS) is 32.9. The Hall–Kier alpha value is -0.0900. The predicted octanol–water partition coefficient (Wildman–Crippen LogP) is 1.41. The molecule has 1 amide bonds. The lowest BCUT2D eigenvalue weighted by molar-refractivity contribution is -0.129. The van der Waals surface area contributed by atoms with E-state index in [0.717, 1.165) is 37.9 Å². The molecule has 2 unspecified atom stereocenters. The number of halogens is 1. The summed E-state index contributed by atoms with van der Waals surface area (Å²) in [5.41, 5.74) is 0. The second kappa shape index (κ2) is 4.62. The van der Waals surface area contributed by atoms with E-state index in [1.807, 2.05) is 4.90 Å². The molecule has 0 aromatic rings. The van der Waals surface area contributed by atoms with Gasteiger partial charge in [0.15, 0.2) is 0 Å². The molecule has 80 valence electrons. The monoisotopic (exact) mass is 261 g/mol. The van der Waals surface area contributed by atoms with E-state index in [0.29, 0.717) is 24.3 Å². The molecule has 4 heteroatoms. The third kappa shape index (κ3) is 2.28. The molecule has 0 N–H and O–H groups in total. The van der Waals surface area contributed by atoms with Gasteiger partial charge in [-0.15, -0.1) is 0 Å². The number of hydrogen-bond acceptors (Lipinski definition) is 2.